The van der Waals surface area contributed by atoms with Crippen LogP contribution >= 0.6 is 46.4 Å². The summed E-state index contributed by atoms with van der Waals surface area (Å²) in [5.41, 5.74) is 8.27. The first-order valence-corrected chi connectivity index (χ1v) is 28.7. The third-order valence-corrected chi connectivity index (χ3v) is 13.1. The van der Waals surface area contributed by atoms with Crippen LogP contribution in [-0.4, -0.2) is 115 Å². The van der Waals surface area contributed by atoms with Crippen LogP contribution in [-0.2, 0) is 38.1 Å². The maximum absolute atomic E-state index is 13.1. The number of ether oxygens (including phenoxy) is 4. The first-order chi connectivity index (χ1) is 41.9. The van der Waals surface area contributed by atoms with Crippen molar-refractivity contribution in [1.29, 1.82) is 0 Å². The number of amides is 5. The number of rotatable bonds is 21. The summed E-state index contributed by atoms with van der Waals surface area (Å²) in [6, 6.07) is 35.1. The van der Waals surface area contributed by atoms with Crippen LogP contribution in [0.3, 0.4) is 0 Å². The Labute approximate surface area is 534 Å². The number of carbonyl (C=O) groups is 10. The van der Waals surface area contributed by atoms with Crippen molar-refractivity contribution in [2.45, 2.75) is 90.5 Å². The molecule has 25 heteroatoms. The second-order valence-corrected chi connectivity index (χ2v) is 22.9. The Morgan fingerprint density at radius 1 is 0.483 bits per heavy atom. The van der Waals surface area contributed by atoms with Crippen LogP contribution in [0.15, 0.2) is 133 Å². The Kier molecular flexibility index (Phi) is 28.2. The van der Waals surface area contributed by atoms with E-state index in [2.05, 4.69) is 26.6 Å². The molecule has 0 aromatic heterocycles. The number of methoxy groups -OCH3 is 2. The van der Waals surface area contributed by atoms with Crippen molar-refractivity contribution in [2.24, 2.45) is 5.73 Å². The summed E-state index contributed by atoms with van der Waals surface area (Å²) in [5, 5.41) is 21.8. The smallest absolute Gasteiger partial charge is 0.412 e. The van der Waals surface area contributed by atoms with Gasteiger partial charge in [-0.2, -0.15) is 0 Å². The van der Waals surface area contributed by atoms with E-state index in [4.69, 9.17) is 76.2 Å². The average molecular weight is 1300 g/mol. The van der Waals surface area contributed by atoms with E-state index in [0.717, 1.165) is 23.8 Å². The predicted octanol–water partition coefficient (Wildman–Crippen LogP) is 12.0. The van der Waals surface area contributed by atoms with Gasteiger partial charge < -0.3 is 45.7 Å². The van der Waals surface area contributed by atoms with Crippen molar-refractivity contribution in [3.8, 4) is 22.3 Å². The number of nitrogens with one attached hydrogen (secondary N) is 5. The average Bonchev–Trinajstić information content (AvgIpc) is 1.49. The van der Waals surface area contributed by atoms with Gasteiger partial charge in [-0.05, 0) is 137 Å². The fourth-order valence-electron chi connectivity index (χ4n) is 7.81. The van der Waals surface area contributed by atoms with Crippen LogP contribution in [0.25, 0.3) is 22.3 Å². The normalized spacial score (nSPS) is 11.4. The first-order valence-electron chi connectivity index (χ1n) is 27.2. The topological polar surface area (TPSA) is 314 Å². The molecule has 0 saturated carbocycles. The molecule has 0 saturated heterocycles. The highest BCUT2D eigenvalue weighted by Crippen LogP contribution is 2.34. The molecule has 2 atom stereocenters. The van der Waals surface area contributed by atoms with Crippen molar-refractivity contribution in [2.75, 3.05) is 37.9 Å². The number of esters is 2. The number of hydrogen-bond donors (Lipinski definition) is 7. The predicted molar refractivity (Wildman–Crippen MR) is 340 cm³/mol. The Hall–Kier alpha value is -8.86. The summed E-state index contributed by atoms with van der Waals surface area (Å²) >= 11 is 25.4. The number of halogens is 4. The largest absolute Gasteiger partial charge is 0.478 e. The summed E-state index contributed by atoms with van der Waals surface area (Å²) in [6.45, 7) is 9.96. The van der Waals surface area contributed by atoms with E-state index in [9.17, 15) is 47.9 Å². The molecule has 5 amide bonds. The van der Waals surface area contributed by atoms with Crippen LogP contribution in [0.4, 0.5) is 21.0 Å². The third kappa shape index (κ3) is 24.7. The molecule has 0 aliphatic heterocycles. The zero-order valence-electron chi connectivity index (χ0n) is 49.9. The maximum Gasteiger partial charge on any atom is 0.412 e. The van der Waals surface area contributed by atoms with E-state index in [1.165, 1.54) is 31.4 Å². The van der Waals surface area contributed by atoms with E-state index in [-0.39, 0.29) is 86.9 Å². The molecule has 0 unspecified atom stereocenters. The van der Waals surface area contributed by atoms with Gasteiger partial charge in [0.25, 0.3) is 17.7 Å². The lowest BCUT2D eigenvalue weighted by Crippen LogP contribution is -2.42. The number of aromatic carboxylic acids is 1. The molecular weight excluding hydrogens is 1230 g/mol. The van der Waals surface area contributed by atoms with Crippen LogP contribution in [0.1, 0.15) is 109 Å². The van der Waals surface area contributed by atoms with E-state index in [1.807, 2.05) is 60.7 Å². The number of nitrogens with two attached hydrogens (primary N) is 1. The molecular formula is C64H68Cl4N6O15. The van der Waals surface area contributed by atoms with Gasteiger partial charge >= 0.3 is 30.1 Å². The summed E-state index contributed by atoms with van der Waals surface area (Å²) < 4.78 is 19.7. The molecule has 89 heavy (non-hydrogen) atoms. The molecule has 6 aromatic carbocycles. The Balaban J connectivity index is 0.000000319. The van der Waals surface area contributed by atoms with Gasteiger partial charge in [0.05, 0.1) is 64.1 Å². The molecule has 0 aliphatic rings. The third-order valence-electron chi connectivity index (χ3n) is 12.0. The van der Waals surface area contributed by atoms with Crippen molar-refractivity contribution < 1.29 is 72.0 Å². The number of hydrogen-bond acceptors (Lipinski definition) is 15. The molecule has 6 rings (SSSR count). The molecule has 0 aliphatic carbocycles. The number of carboxylic acids is 1. The molecule has 6 aromatic rings. The molecule has 8 N–H and O–H groups in total. The van der Waals surface area contributed by atoms with Crippen molar-refractivity contribution >= 4 is 117 Å². The minimum atomic E-state index is -1.18. The fourth-order valence-corrected chi connectivity index (χ4v) is 9.13. The molecule has 0 bridgehead atoms. The van der Waals surface area contributed by atoms with Gasteiger partial charge in [0.2, 0.25) is 0 Å². The monoisotopic (exact) mass is 1300 g/mol. The van der Waals surface area contributed by atoms with Crippen molar-refractivity contribution in [3.05, 3.63) is 176 Å². The summed E-state index contributed by atoms with van der Waals surface area (Å²) in [6.07, 6.45) is -1.45. The van der Waals surface area contributed by atoms with E-state index in [1.54, 1.807) is 90.1 Å². The highest BCUT2D eigenvalue weighted by molar-refractivity contribution is 6.41. The lowest BCUT2D eigenvalue weighted by molar-refractivity contribution is -0.144. The number of carboxylic acid groups (broad SMARTS) is 1. The minimum Gasteiger partial charge on any atom is -0.478 e. The molecule has 21 nitrogen and oxygen atoms in total. The SMILES string of the molecule is CC(C)(C)OC(=O)Nc1cccc(C(=O)O)c1.COC(=O)[C@H](CCC(=O)CN)NC(=O)c1c(Cl)cc(-c2ccccc2)cc1Cl.COC(=O)[C@H](CCC(=O)CNC(=O)c1cccc(NC(=O)OC(C)(C)C)c1)NC(=O)c1c(Cl)cc(-c2ccccc2)cc1Cl. The number of benzene rings is 6. The van der Waals surface area contributed by atoms with Gasteiger partial charge in [-0.3, -0.25) is 34.6 Å². The fraction of sp³-hybridized carbons (Fsp3) is 0.281. The molecule has 472 valence electrons. The zero-order chi connectivity index (χ0) is 66.2. The Morgan fingerprint density at radius 2 is 0.854 bits per heavy atom. The Morgan fingerprint density at radius 3 is 1.21 bits per heavy atom. The number of anilines is 2. The van der Waals surface area contributed by atoms with Crippen molar-refractivity contribution in [3.63, 3.8) is 0 Å². The quantitative estimate of drug-likeness (QED) is 0.0260. The minimum absolute atomic E-state index is 0.0242. The van der Waals surface area contributed by atoms with Crippen molar-refractivity contribution in [1.82, 2.24) is 16.0 Å². The van der Waals surface area contributed by atoms with Gasteiger partial charge in [0, 0.05) is 29.8 Å². The second kappa shape index (κ2) is 34.6. The molecule has 0 radical (unpaired) electrons. The molecule has 0 heterocycles. The highest BCUT2D eigenvalue weighted by atomic mass is 35.5. The highest BCUT2D eigenvalue weighted by Gasteiger charge is 2.28. The summed E-state index contributed by atoms with van der Waals surface area (Å²) in [7, 11) is 2.35. The van der Waals surface area contributed by atoms with Crippen LogP contribution in [0.5, 0.6) is 0 Å². The number of carbonyl (C=O) groups excluding carboxylic acids is 9. The lowest BCUT2D eigenvalue weighted by Gasteiger charge is -2.19. The van der Waals surface area contributed by atoms with Gasteiger partial charge in [0.1, 0.15) is 29.1 Å². The first kappa shape index (κ1) is 72.6. The van der Waals surface area contributed by atoms with Gasteiger partial charge in [-0.1, -0.05) is 119 Å². The van der Waals surface area contributed by atoms with Gasteiger partial charge in [0.15, 0.2) is 5.78 Å². The summed E-state index contributed by atoms with van der Waals surface area (Å²) in [4.78, 5) is 121. The number of Topliss-reactive ketones (excluding diaryl/α,β-unsaturated/α-hetero) is 2. The second-order valence-electron chi connectivity index (χ2n) is 21.2. The summed E-state index contributed by atoms with van der Waals surface area (Å²) in [5.74, 6) is -5.01. The van der Waals surface area contributed by atoms with Crippen LogP contribution < -0.4 is 32.3 Å². The van der Waals surface area contributed by atoms with Gasteiger partial charge in [-0.25, -0.2) is 24.0 Å². The molecule has 0 spiro atoms. The van der Waals surface area contributed by atoms with E-state index in [0.29, 0.717) is 16.9 Å². The van der Waals surface area contributed by atoms with Crippen LogP contribution in [0, 0.1) is 0 Å². The maximum atomic E-state index is 13.1. The number of ketones is 2. The Bertz CT molecular complexity index is 3480. The zero-order valence-corrected chi connectivity index (χ0v) is 52.9. The van der Waals surface area contributed by atoms with E-state index >= 15 is 0 Å². The van der Waals surface area contributed by atoms with E-state index < -0.39 is 76.9 Å². The standard InChI is InChI=1S/C32H33Cl2N3O7.C20H20Cl2N2O4.C12H15NO4/c1-32(2,3)44-31(42)36-22-12-8-11-20(15-22)28(39)35-18-23(38)13-14-26(30(41)43-4)37-29(40)27-24(33)16-21(17-25(27)34)19-9-6-5-7-10-19;1-28-20(27)17(8-7-14(25)11-23)24-19(26)18-15(21)9-13(10-16(18)22)12-5-3-2-4-6-12;1-12(2,3)17-11(16)13-9-6-4-5-8(7-9)10(14)15/h5-12,15-17,26H,13-14,18H2,1-4H3,(H,35,39)(H,36,42)(H,37,40);2-6,9-10,17H,7-8,11,23H2,1H3,(H,24,26);4-7H,1-3H3,(H,13,16)(H,14,15)/t26-;17-;/m00./s1. The van der Waals surface area contributed by atoms with Gasteiger partial charge in [-0.15, -0.1) is 0 Å². The lowest BCUT2D eigenvalue weighted by atomic mass is 10.0. The molecule has 0 fully saturated rings. The van der Waals surface area contributed by atoms with Crippen LogP contribution in [0.2, 0.25) is 20.1 Å².